The van der Waals surface area contributed by atoms with Gasteiger partial charge in [0.05, 0.1) is 16.3 Å². The monoisotopic (exact) mass is 316 g/mol. The van der Waals surface area contributed by atoms with Crippen molar-refractivity contribution in [2.75, 3.05) is 23.9 Å². The lowest BCUT2D eigenvalue weighted by atomic mass is 10.2. The number of urea groups is 1. The molecule has 0 bridgehead atoms. The fourth-order valence-electron chi connectivity index (χ4n) is 1.49. The SMILES string of the molecule is CSCCCCNC(=O)Nc1ccc(C(=O)O)cc1Cl. The number of hydrogen-bond donors (Lipinski definition) is 3. The van der Waals surface area contributed by atoms with E-state index in [9.17, 15) is 9.59 Å². The molecule has 0 atom stereocenters. The number of carboxylic acid groups (broad SMARTS) is 1. The van der Waals surface area contributed by atoms with Crippen molar-refractivity contribution < 1.29 is 14.7 Å². The van der Waals surface area contributed by atoms with Gasteiger partial charge in [0.2, 0.25) is 0 Å². The van der Waals surface area contributed by atoms with Gasteiger partial charge in [-0.1, -0.05) is 11.6 Å². The van der Waals surface area contributed by atoms with Gasteiger partial charge in [0.15, 0.2) is 0 Å². The Morgan fingerprint density at radius 2 is 2.10 bits per heavy atom. The lowest BCUT2D eigenvalue weighted by Crippen LogP contribution is -2.29. The molecule has 0 unspecified atom stereocenters. The molecule has 3 N–H and O–H groups in total. The molecule has 1 aromatic carbocycles. The van der Waals surface area contributed by atoms with Crippen LogP contribution in [0.4, 0.5) is 10.5 Å². The van der Waals surface area contributed by atoms with Gasteiger partial charge in [0.1, 0.15) is 0 Å². The van der Waals surface area contributed by atoms with Crippen LogP contribution in [0.15, 0.2) is 18.2 Å². The number of nitrogens with one attached hydrogen (secondary N) is 2. The summed E-state index contributed by atoms with van der Waals surface area (Å²) in [7, 11) is 0. The number of thioether (sulfide) groups is 1. The molecule has 5 nitrogen and oxygen atoms in total. The van der Waals surface area contributed by atoms with Crippen molar-refractivity contribution >= 4 is 41.1 Å². The van der Waals surface area contributed by atoms with Crippen LogP contribution >= 0.6 is 23.4 Å². The van der Waals surface area contributed by atoms with E-state index >= 15 is 0 Å². The number of carboxylic acids is 1. The van der Waals surface area contributed by atoms with E-state index in [2.05, 4.69) is 10.6 Å². The van der Waals surface area contributed by atoms with Crippen LogP contribution in [0.5, 0.6) is 0 Å². The smallest absolute Gasteiger partial charge is 0.335 e. The second-order valence-electron chi connectivity index (χ2n) is 4.08. The third kappa shape index (κ3) is 5.71. The molecule has 7 heteroatoms. The summed E-state index contributed by atoms with van der Waals surface area (Å²) in [4.78, 5) is 22.4. The maximum atomic E-state index is 11.6. The van der Waals surface area contributed by atoms with E-state index in [1.807, 2.05) is 6.26 Å². The highest BCUT2D eigenvalue weighted by Gasteiger charge is 2.09. The van der Waals surface area contributed by atoms with E-state index in [1.165, 1.54) is 18.2 Å². The summed E-state index contributed by atoms with van der Waals surface area (Å²) in [5.74, 6) is 0.0166. The van der Waals surface area contributed by atoms with Crippen molar-refractivity contribution in [1.82, 2.24) is 5.32 Å². The fraction of sp³-hybridized carbons (Fsp3) is 0.385. The first kappa shape index (κ1) is 16.7. The number of amides is 2. The summed E-state index contributed by atoms with van der Waals surface area (Å²) in [6.45, 7) is 0.594. The molecule has 0 radical (unpaired) electrons. The van der Waals surface area contributed by atoms with E-state index in [-0.39, 0.29) is 16.6 Å². The van der Waals surface area contributed by atoms with Crippen LogP contribution in [0.2, 0.25) is 5.02 Å². The van der Waals surface area contributed by atoms with Crippen LogP contribution in [0.3, 0.4) is 0 Å². The zero-order valence-corrected chi connectivity index (χ0v) is 12.7. The summed E-state index contributed by atoms with van der Waals surface area (Å²) in [6, 6.07) is 3.82. The highest BCUT2D eigenvalue weighted by Crippen LogP contribution is 2.22. The van der Waals surface area contributed by atoms with Gasteiger partial charge < -0.3 is 15.7 Å². The Hall–Kier alpha value is -1.40. The summed E-state index contributed by atoms with van der Waals surface area (Å²) in [5.41, 5.74) is 0.469. The Kier molecular flexibility index (Phi) is 7.25. The molecule has 1 aromatic rings. The highest BCUT2D eigenvalue weighted by atomic mass is 35.5. The number of carbonyl (C=O) groups is 2. The van der Waals surface area contributed by atoms with Gasteiger partial charge in [-0.25, -0.2) is 9.59 Å². The summed E-state index contributed by atoms with van der Waals surface area (Å²) < 4.78 is 0. The first-order valence-corrected chi connectivity index (χ1v) is 7.88. The van der Waals surface area contributed by atoms with Crippen LogP contribution in [-0.4, -0.2) is 35.7 Å². The Bertz CT molecular complexity index is 483. The van der Waals surface area contributed by atoms with Crippen LogP contribution < -0.4 is 10.6 Å². The molecule has 0 fully saturated rings. The van der Waals surface area contributed by atoms with Gasteiger partial charge in [0.25, 0.3) is 0 Å². The van der Waals surface area contributed by atoms with Crippen LogP contribution in [0.1, 0.15) is 23.2 Å². The second kappa shape index (κ2) is 8.71. The molecule has 0 aliphatic rings. The summed E-state index contributed by atoms with van der Waals surface area (Å²) in [5, 5.41) is 14.3. The number of unbranched alkanes of at least 4 members (excludes halogenated alkanes) is 1. The van der Waals surface area contributed by atoms with E-state index in [1.54, 1.807) is 11.8 Å². The molecule has 0 aliphatic carbocycles. The number of hydrogen-bond acceptors (Lipinski definition) is 3. The predicted octanol–water partition coefficient (Wildman–Crippen LogP) is 3.30. The van der Waals surface area contributed by atoms with E-state index in [0.717, 1.165) is 18.6 Å². The van der Waals surface area contributed by atoms with Gasteiger partial charge in [-0.15, -0.1) is 0 Å². The largest absolute Gasteiger partial charge is 0.478 e. The number of carbonyl (C=O) groups excluding carboxylic acids is 1. The van der Waals surface area contributed by atoms with Crippen molar-refractivity contribution in [2.24, 2.45) is 0 Å². The number of rotatable bonds is 7. The predicted molar refractivity (Wildman–Crippen MR) is 83.0 cm³/mol. The zero-order valence-electron chi connectivity index (χ0n) is 11.1. The molecule has 2 amide bonds. The molecule has 20 heavy (non-hydrogen) atoms. The Morgan fingerprint density at radius 3 is 2.70 bits per heavy atom. The molecular weight excluding hydrogens is 300 g/mol. The normalized spacial score (nSPS) is 10.1. The van der Waals surface area contributed by atoms with Crippen molar-refractivity contribution in [2.45, 2.75) is 12.8 Å². The van der Waals surface area contributed by atoms with Gasteiger partial charge in [0, 0.05) is 6.54 Å². The third-order valence-corrected chi connectivity index (χ3v) is 3.53. The summed E-state index contributed by atoms with van der Waals surface area (Å²) in [6.07, 6.45) is 4.01. The minimum atomic E-state index is -1.06. The minimum Gasteiger partial charge on any atom is -0.478 e. The molecule has 0 spiro atoms. The molecule has 0 saturated heterocycles. The average Bonchev–Trinajstić information content (AvgIpc) is 2.40. The zero-order chi connectivity index (χ0) is 15.0. The first-order chi connectivity index (χ1) is 9.54. The van der Waals surface area contributed by atoms with Gasteiger partial charge in [-0.05, 0) is 43.0 Å². The number of benzene rings is 1. The van der Waals surface area contributed by atoms with E-state index < -0.39 is 5.97 Å². The van der Waals surface area contributed by atoms with Crippen molar-refractivity contribution in [1.29, 1.82) is 0 Å². The molecular formula is C13H17ClN2O3S. The van der Waals surface area contributed by atoms with Crippen molar-refractivity contribution in [3.63, 3.8) is 0 Å². The molecule has 0 heterocycles. The van der Waals surface area contributed by atoms with E-state index in [0.29, 0.717) is 12.2 Å². The molecule has 110 valence electrons. The molecule has 0 aromatic heterocycles. The minimum absolute atomic E-state index is 0.0815. The average molecular weight is 317 g/mol. The fourth-order valence-corrected chi connectivity index (χ4v) is 2.21. The highest BCUT2D eigenvalue weighted by molar-refractivity contribution is 7.98. The molecule has 1 rings (SSSR count). The topological polar surface area (TPSA) is 78.4 Å². The standard InChI is InChI=1S/C13H17ClN2O3S/c1-20-7-3-2-6-15-13(19)16-11-5-4-9(12(17)18)8-10(11)14/h4-5,8H,2-3,6-7H2,1H3,(H,17,18)(H2,15,16,19). The van der Waals surface area contributed by atoms with E-state index in [4.69, 9.17) is 16.7 Å². The molecule has 0 saturated carbocycles. The van der Waals surface area contributed by atoms with Crippen LogP contribution in [0.25, 0.3) is 0 Å². The van der Waals surface area contributed by atoms with Gasteiger partial charge in [-0.2, -0.15) is 11.8 Å². The summed E-state index contributed by atoms with van der Waals surface area (Å²) >= 11 is 7.69. The van der Waals surface area contributed by atoms with Crippen LogP contribution in [-0.2, 0) is 0 Å². The van der Waals surface area contributed by atoms with Gasteiger partial charge in [-0.3, -0.25) is 0 Å². The Balaban J connectivity index is 2.44. The Labute approximate surface area is 127 Å². The maximum Gasteiger partial charge on any atom is 0.335 e. The quantitative estimate of drug-likeness (QED) is 0.674. The number of anilines is 1. The van der Waals surface area contributed by atoms with Crippen LogP contribution in [0, 0.1) is 0 Å². The third-order valence-electron chi connectivity index (χ3n) is 2.53. The number of halogens is 1. The molecule has 0 aliphatic heterocycles. The Morgan fingerprint density at radius 1 is 1.35 bits per heavy atom. The first-order valence-electron chi connectivity index (χ1n) is 6.11. The lowest BCUT2D eigenvalue weighted by Gasteiger charge is -2.09. The number of aromatic carboxylic acids is 1. The second-order valence-corrected chi connectivity index (χ2v) is 5.47. The lowest BCUT2D eigenvalue weighted by molar-refractivity contribution is 0.0697. The maximum absolute atomic E-state index is 11.6. The van der Waals surface area contributed by atoms with Gasteiger partial charge >= 0.3 is 12.0 Å². The van der Waals surface area contributed by atoms with Crippen molar-refractivity contribution in [3.8, 4) is 0 Å². The van der Waals surface area contributed by atoms with Crippen molar-refractivity contribution in [3.05, 3.63) is 28.8 Å².